The first kappa shape index (κ1) is 9.42. The van der Waals surface area contributed by atoms with Crippen molar-refractivity contribution in [3.05, 3.63) is 29.8 Å². The summed E-state index contributed by atoms with van der Waals surface area (Å²) in [7, 11) is -3.79. The summed E-state index contributed by atoms with van der Waals surface area (Å²) in [6.07, 6.45) is 0. The maximum Gasteiger partial charge on any atom is 0.375 e. The standard InChI is InChI=1S/C7H10NO3P/c1-6-4-2-3-5-7(6)12(9,10)11-8/h2-5H,8H2,1H3,(H,9,10). The SMILES string of the molecule is Cc1ccccc1P(=O)(O)ON. The van der Waals surface area contributed by atoms with E-state index in [2.05, 4.69) is 4.62 Å². The predicted molar refractivity (Wildman–Crippen MR) is 45.9 cm³/mol. The van der Waals surface area contributed by atoms with E-state index in [0.717, 1.165) is 0 Å². The van der Waals surface area contributed by atoms with Crippen LogP contribution < -0.4 is 11.2 Å². The van der Waals surface area contributed by atoms with E-state index >= 15 is 0 Å². The molecule has 0 radical (unpaired) electrons. The summed E-state index contributed by atoms with van der Waals surface area (Å²) < 4.78 is 15.2. The molecule has 0 heterocycles. The molecule has 12 heavy (non-hydrogen) atoms. The highest BCUT2D eigenvalue weighted by Gasteiger charge is 2.22. The van der Waals surface area contributed by atoms with Crippen molar-refractivity contribution in [3.8, 4) is 0 Å². The van der Waals surface area contributed by atoms with Crippen LogP contribution in [0.4, 0.5) is 0 Å². The van der Waals surface area contributed by atoms with Gasteiger partial charge in [0.2, 0.25) is 0 Å². The second-order valence-corrected chi connectivity index (χ2v) is 4.15. The van der Waals surface area contributed by atoms with Crippen LogP contribution in [-0.4, -0.2) is 4.89 Å². The lowest BCUT2D eigenvalue weighted by molar-refractivity contribution is 0.278. The zero-order valence-corrected chi connectivity index (χ0v) is 7.49. The Hall–Kier alpha value is -0.670. The molecule has 0 amide bonds. The highest BCUT2D eigenvalue weighted by molar-refractivity contribution is 7.61. The second-order valence-electron chi connectivity index (χ2n) is 2.41. The fraction of sp³-hybridized carbons (Fsp3) is 0.143. The largest absolute Gasteiger partial charge is 0.375 e. The van der Waals surface area contributed by atoms with E-state index in [1.807, 2.05) is 0 Å². The number of hydrogen-bond donors (Lipinski definition) is 2. The molecule has 0 saturated heterocycles. The fourth-order valence-electron chi connectivity index (χ4n) is 0.937. The van der Waals surface area contributed by atoms with Crippen molar-refractivity contribution in [2.24, 2.45) is 5.90 Å². The topological polar surface area (TPSA) is 72.5 Å². The molecule has 0 aliphatic heterocycles. The van der Waals surface area contributed by atoms with Crippen LogP contribution in [0.1, 0.15) is 5.56 Å². The Labute approximate surface area is 70.5 Å². The zero-order valence-electron chi connectivity index (χ0n) is 6.60. The van der Waals surface area contributed by atoms with Gasteiger partial charge in [0.05, 0.1) is 5.30 Å². The Balaban J connectivity index is 3.20. The molecule has 1 atom stereocenters. The highest BCUT2D eigenvalue weighted by atomic mass is 31.2. The fourth-order valence-corrected chi connectivity index (χ4v) is 1.85. The minimum absolute atomic E-state index is 0.243. The van der Waals surface area contributed by atoms with E-state index < -0.39 is 7.60 Å². The van der Waals surface area contributed by atoms with Crippen LogP contribution in [0.2, 0.25) is 0 Å². The van der Waals surface area contributed by atoms with Gasteiger partial charge in [-0.3, -0.25) is 4.57 Å². The Morgan fingerprint density at radius 1 is 1.50 bits per heavy atom. The van der Waals surface area contributed by atoms with Gasteiger partial charge in [0.15, 0.2) is 0 Å². The lowest BCUT2D eigenvalue weighted by Gasteiger charge is -2.09. The summed E-state index contributed by atoms with van der Waals surface area (Å²) in [4.78, 5) is 9.18. The minimum Gasteiger partial charge on any atom is -0.320 e. The summed E-state index contributed by atoms with van der Waals surface area (Å²) in [5.41, 5.74) is 0.689. The van der Waals surface area contributed by atoms with E-state index in [0.29, 0.717) is 5.56 Å². The van der Waals surface area contributed by atoms with Gasteiger partial charge in [-0.2, -0.15) is 0 Å². The molecule has 5 heteroatoms. The van der Waals surface area contributed by atoms with Crippen molar-refractivity contribution in [1.82, 2.24) is 0 Å². The molecule has 0 aliphatic rings. The third-order valence-electron chi connectivity index (χ3n) is 1.56. The van der Waals surface area contributed by atoms with Crippen molar-refractivity contribution in [2.45, 2.75) is 6.92 Å². The molecule has 0 aliphatic carbocycles. The van der Waals surface area contributed by atoms with Crippen molar-refractivity contribution in [1.29, 1.82) is 0 Å². The molecule has 1 rings (SSSR count). The lowest BCUT2D eigenvalue weighted by atomic mass is 10.2. The maximum absolute atomic E-state index is 11.2. The Bertz CT molecular complexity index is 326. The molecule has 1 aromatic rings. The van der Waals surface area contributed by atoms with Gasteiger partial charge in [0.1, 0.15) is 0 Å². The van der Waals surface area contributed by atoms with Crippen LogP contribution in [0.5, 0.6) is 0 Å². The van der Waals surface area contributed by atoms with Gasteiger partial charge in [-0.1, -0.05) is 18.2 Å². The van der Waals surface area contributed by atoms with Gasteiger partial charge in [-0.15, -0.1) is 0 Å². The third kappa shape index (κ3) is 1.73. The molecular formula is C7H10NO3P. The highest BCUT2D eigenvalue weighted by Crippen LogP contribution is 2.38. The van der Waals surface area contributed by atoms with Crippen LogP contribution >= 0.6 is 7.60 Å². The van der Waals surface area contributed by atoms with E-state index in [9.17, 15) is 9.46 Å². The van der Waals surface area contributed by atoms with E-state index in [4.69, 9.17) is 5.90 Å². The number of hydrogen-bond acceptors (Lipinski definition) is 3. The Morgan fingerprint density at radius 3 is 2.58 bits per heavy atom. The van der Waals surface area contributed by atoms with Crippen LogP contribution in [-0.2, 0) is 9.19 Å². The first-order chi connectivity index (χ1) is 5.58. The number of aryl methyl sites for hydroxylation is 1. The average Bonchev–Trinajstić information content (AvgIpc) is 2.05. The van der Waals surface area contributed by atoms with Crippen LogP contribution in [0.25, 0.3) is 0 Å². The lowest BCUT2D eigenvalue weighted by Crippen LogP contribution is -2.12. The van der Waals surface area contributed by atoms with Crippen molar-refractivity contribution < 1.29 is 14.1 Å². The second kappa shape index (κ2) is 3.37. The van der Waals surface area contributed by atoms with E-state index in [1.54, 1.807) is 25.1 Å². The molecule has 3 N–H and O–H groups in total. The Morgan fingerprint density at radius 2 is 2.08 bits per heavy atom. The Kier molecular flexibility index (Phi) is 2.65. The quantitative estimate of drug-likeness (QED) is 0.528. The molecule has 1 aromatic carbocycles. The van der Waals surface area contributed by atoms with Crippen molar-refractivity contribution >= 4 is 12.9 Å². The van der Waals surface area contributed by atoms with Gasteiger partial charge in [-0.05, 0) is 18.6 Å². The summed E-state index contributed by atoms with van der Waals surface area (Å²) in [5, 5.41) is 0.243. The van der Waals surface area contributed by atoms with Crippen LogP contribution in [0.3, 0.4) is 0 Å². The summed E-state index contributed by atoms with van der Waals surface area (Å²) in [6.45, 7) is 1.72. The predicted octanol–water partition coefficient (Wildman–Crippen LogP) is 0.696. The molecule has 4 nitrogen and oxygen atoms in total. The van der Waals surface area contributed by atoms with Gasteiger partial charge in [-0.25, -0.2) is 10.5 Å². The maximum atomic E-state index is 11.2. The van der Waals surface area contributed by atoms with E-state index in [1.165, 1.54) is 6.07 Å². The summed E-state index contributed by atoms with van der Waals surface area (Å²) in [5.74, 6) is 4.69. The van der Waals surface area contributed by atoms with E-state index in [-0.39, 0.29) is 5.30 Å². The molecule has 0 aromatic heterocycles. The smallest absolute Gasteiger partial charge is 0.320 e. The molecular weight excluding hydrogens is 177 g/mol. The monoisotopic (exact) mass is 187 g/mol. The molecule has 1 unspecified atom stereocenters. The van der Waals surface area contributed by atoms with Gasteiger partial charge < -0.3 is 4.89 Å². The zero-order chi connectivity index (χ0) is 9.19. The van der Waals surface area contributed by atoms with Gasteiger partial charge in [0, 0.05) is 0 Å². The summed E-state index contributed by atoms with van der Waals surface area (Å²) >= 11 is 0. The molecule has 0 fully saturated rings. The van der Waals surface area contributed by atoms with Gasteiger partial charge in [0.25, 0.3) is 0 Å². The molecule has 0 spiro atoms. The third-order valence-corrected chi connectivity index (χ3v) is 2.96. The van der Waals surface area contributed by atoms with Crippen molar-refractivity contribution in [2.75, 3.05) is 0 Å². The van der Waals surface area contributed by atoms with Crippen LogP contribution in [0, 0.1) is 6.92 Å². The molecule has 66 valence electrons. The number of rotatable bonds is 2. The van der Waals surface area contributed by atoms with Crippen molar-refractivity contribution in [3.63, 3.8) is 0 Å². The number of benzene rings is 1. The molecule has 0 saturated carbocycles. The minimum atomic E-state index is -3.79. The normalized spacial score (nSPS) is 15.6. The van der Waals surface area contributed by atoms with Gasteiger partial charge >= 0.3 is 7.60 Å². The first-order valence-corrected chi connectivity index (χ1v) is 4.93. The molecule has 0 bridgehead atoms. The number of nitrogens with two attached hydrogens (primary N) is 1. The average molecular weight is 187 g/mol. The first-order valence-electron chi connectivity index (χ1n) is 3.35. The summed E-state index contributed by atoms with van der Waals surface area (Å²) in [6, 6.07) is 6.67. The van der Waals surface area contributed by atoms with Crippen LogP contribution in [0.15, 0.2) is 24.3 Å².